The number of nitrogens with one attached hydrogen (secondary N) is 1. The largest absolute Gasteiger partial charge is 0.378 e. The van der Waals surface area contributed by atoms with E-state index in [1.807, 2.05) is 48.5 Å². The number of nitrogen functional groups attached to an aromatic ring is 1. The van der Waals surface area contributed by atoms with Gasteiger partial charge in [-0.05, 0) is 39.4 Å². The quantitative estimate of drug-likeness (QED) is 0.442. The molecule has 10 heteroatoms. The SMILES string of the molecule is CC1C=CC2=C(C1)/C(=N\NC(=O)c1nnn(-c3nonc3N)c1-c1ccccc1)c1ccccc12. The number of hydrazone groups is 1. The molecule has 172 valence electrons. The number of carbonyl (C=O) groups is 1. The van der Waals surface area contributed by atoms with Crippen LogP contribution in [-0.4, -0.2) is 36.9 Å². The molecule has 3 N–H and O–H groups in total. The zero-order valence-electron chi connectivity index (χ0n) is 18.7. The van der Waals surface area contributed by atoms with Crippen LogP contribution in [0.5, 0.6) is 0 Å². The van der Waals surface area contributed by atoms with Crippen LogP contribution in [0, 0.1) is 5.92 Å². The molecule has 0 saturated heterocycles. The van der Waals surface area contributed by atoms with Gasteiger partial charge in [0.25, 0.3) is 5.91 Å². The lowest BCUT2D eigenvalue weighted by atomic mass is 9.91. The number of hydrogen-bond donors (Lipinski definition) is 2. The van der Waals surface area contributed by atoms with Crippen molar-refractivity contribution < 1.29 is 9.42 Å². The Morgan fingerprint density at radius 2 is 1.89 bits per heavy atom. The number of amides is 1. The van der Waals surface area contributed by atoms with Crippen LogP contribution in [0.3, 0.4) is 0 Å². The topological polar surface area (TPSA) is 137 Å². The third-order valence-corrected chi connectivity index (χ3v) is 6.10. The van der Waals surface area contributed by atoms with E-state index in [2.05, 4.69) is 56.3 Å². The number of nitrogens with two attached hydrogens (primary N) is 1. The first-order valence-corrected chi connectivity index (χ1v) is 11.1. The minimum absolute atomic E-state index is 0.0285. The van der Waals surface area contributed by atoms with Gasteiger partial charge in [-0.1, -0.05) is 78.9 Å². The first-order chi connectivity index (χ1) is 17.1. The van der Waals surface area contributed by atoms with Gasteiger partial charge >= 0.3 is 0 Å². The van der Waals surface area contributed by atoms with Crippen molar-refractivity contribution in [3.8, 4) is 17.1 Å². The Morgan fingerprint density at radius 1 is 1.11 bits per heavy atom. The van der Waals surface area contributed by atoms with Gasteiger partial charge in [0, 0.05) is 11.1 Å². The molecule has 2 aliphatic carbocycles. The molecular formula is C25H20N8O2. The first kappa shape index (κ1) is 20.7. The molecule has 2 aromatic heterocycles. The Bertz CT molecular complexity index is 1540. The third kappa shape index (κ3) is 3.43. The van der Waals surface area contributed by atoms with Crippen molar-refractivity contribution in [2.75, 3.05) is 5.73 Å². The third-order valence-electron chi connectivity index (χ3n) is 6.10. The average Bonchev–Trinajstić information content (AvgIpc) is 3.58. The van der Waals surface area contributed by atoms with E-state index in [4.69, 9.17) is 10.4 Å². The zero-order chi connectivity index (χ0) is 23.9. The number of nitrogens with zero attached hydrogens (tertiary/aromatic N) is 6. The van der Waals surface area contributed by atoms with Gasteiger partial charge in [-0.15, -0.1) is 5.10 Å². The van der Waals surface area contributed by atoms with Crippen LogP contribution >= 0.6 is 0 Å². The van der Waals surface area contributed by atoms with Gasteiger partial charge in [-0.25, -0.2) is 10.1 Å². The maximum atomic E-state index is 13.3. The van der Waals surface area contributed by atoms with E-state index in [0.717, 1.165) is 34.4 Å². The Labute approximate surface area is 199 Å². The standard InChI is InChI=1S/C25H20N8O2/c1-14-11-12-17-16-9-5-6-10-18(16)20(19(17)13-14)27-29-25(34)21-22(15-7-3-2-4-8-15)33(32-28-21)24-23(26)30-35-31-24/h2-12,14H,13H2,1H3,(H2,26,30)(H,29,34)/b27-20-. The summed E-state index contributed by atoms with van der Waals surface area (Å²) in [5, 5.41) is 20.2. The molecule has 1 amide bonds. The van der Waals surface area contributed by atoms with Gasteiger partial charge in [0.05, 0.1) is 5.71 Å². The minimum atomic E-state index is -0.511. The van der Waals surface area contributed by atoms with Gasteiger partial charge in [-0.2, -0.15) is 9.78 Å². The highest BCUT2D eigenvalue weighted by molar-refractivity contribution is 6.25. The number of rotatable bonds is 4. The van der Waals surface area contributed by atoms with Crippen molar-refractivity contribution in [1.82, 2.24) is 30.7 Å². The number of aromatic nitrogens is 5. The molecule has 6 rings (SSSR count). The van der Waals surface area contributed by atoms with Gasteiger partial charge in [0.1, 0.15) is 5.69 Å². The van der Waals surface area contributed by atoms with Crippen molar-refractivity contribution in [2.24, 2.45) is 11.0 Å². The molecule has 2 aromatic carbocycles. The fraction of sp³-hybridized carbons (Fsp3) is 0.120. The zero-order valence-corrected chi connectivity index (χ0v) is 18.7. The molecule has 2 heterocycles. The van der Waals surface area contributed by atoms with Crippen LogP contribution in [0.15, 0.2) is 82.1 Å². The summed E-state index contributed by atoms with van der Waals surface area (Å²) in [5.41, 5.74) is 14.9. The van der Waals surface area contributed by atoms with Gasteiger partial charge in [-0.3, -0.25) is 4.79 Å². The number of fused-ring (bicyclic) bond motifs is 2. The average molecular weight is 464 g/mol. The van der Waals surface area contributed by atoms with Crippen molar-refractivity contribution >= 4 is 23.0 Å². The van der Waals surface area contributed by atoms with Crippen LogP contribution in [0.4, 0.5) is 5.82 Å². The number of carbonyl (C=O) groups excluding carboxylic acids is 1. The second-order valence-corrected chi connectivity index (χ2v) is 8.42. The summed E-state index contributed by atoms with van der Waals surface area (Å²) in [4.78, 5) is 13.3. The normalized spacial score (nSPS) is 17.5. The monoisotopic (exact) mass is 464 g/mol. The summed E-state index contributed by atoms with van der Waals surface area (Å²) >= 11 is 0. The molecule has 0 aliphatic heterocycles. The van der Waals surface area contributed by atoms with Crippen LogP contribution in [0.2, 0.25) is 0 Å². The first-order valence-electron chi connectivity index (χ1n) is 11.1. The van der Waals surface area contributed by atoms with Gasteiger partial charge < -0.3 is 5.73 Å². The van der Waals surface area contributed by atoms with E-state index >= 15 is 0 Å². The van der Waals surface area contributed by atoms with Gasteiger partial charge in [0.15, 0.2) is 5.69 Å². The minimum Gasteiger partial charge on any atom is -0.378 e. The lowest BCUT2D eigenvalue weighted by molar-refractivity contribution is 0.0950. The van der Waals surface area contributed by atoms with Crippen molar-refractivity contribution in [3.63, 3.8) is 0 Å². The number of allylic oxidation sites excluding steroid dienone is 4. The highest BCUT2D eigenvalue weighted by Crippen LogP contribution is 2.40. The Morgan fingerprint density at radius 3 is 2.66 bits per heavy atom. The van der Waals surface area contributed by atoms with Crippen LogP contribution < -0.4 is 11.2 Å². The smallest absolute Gasteiger partial charge is 0.294 e. The summed E-state index contributed by atoms with van der Waals surface area (Å²) < 4.78 is 6.06. The van der Waals surface area contributed by atoms with E-state index in [-0.39, 0.29) is 17.3 Å². The molecule has 0 bridgehead atoms. The Balaban J connectivity index is 1.40. The summed E-state index contributed by atoms with van der Waals surface area (Å²) in [6.45, 7) is 2.16. The second kappa shape index (κ2) is 8.17. The van der Waals surface area contributed by atoms with Crippen molar-refractivity contribution in [2.45, 2.75) is 13.3 Å². The van der Waals surface area contributed by atoms with E-state index in [1.54, 1.807) is 0 Å². The lowest BCUT2D eigenvalue weighted by Crippen LogP contribution is -2.22. The summed E-state index contributed by atoms with van der Waals surface area (Å²) in [6.07, 6.45) is 5.19. The van der Waals surface area contributed by atoms with E-state index in [9.17, 15) is 4.79 Å². The lowest BCUT2D eigenvalue weighted by Gasteiger charge is -2.15. The molecule has 2 aliphatic rings. The molecule has 1 unspecified atom stereocenters. The fourth-order valence-electron chi connectivity index (χ4n) is 4.49. The summed E-state index contributed by atoms with van der Waals surface area (Å²) in [7, 11) is 0. The molecule has 4 aromatic rings. The number of benzene rings is 2. The van der Waals surface area contributed by atoms with E-state index in [1.165, 1.54) is 4.68 Å². The molecular weight excluding hydrogens is 444 g/mol. The highest BCUT2D eigenvalue weighted by atomic mass is 16.6. The maximum absolute atomic E-state index is 13.3. The maximum Gasteiger partial charge on any atom is 0.294 e. The predicted molar refractivity (Wildman–Crippen MR) is 129 cm³/mol. The highest BCUT2D eigenvalue weighted by Gasteiger charge is 2.30. The number of anilines is 1. The summed E-state index contributed by atoms with van der Waals surface area (Å²) in [6, 6.07) is 17.3. The van der Waals surface area contributed by atoms with Crippen molar-refractivity contribution in [3.05, 3.63) is 89.1 Å². The van der Waals surface area contributed by atoms with Crippen LogP contribution in [0.25, 0.3) is 22.6 Å². The fourth-order valence-corrected chi connectivity index (χ4v) is 4.49. The van der Waals surface area contributed by atoms with Crippen LogP contribution in [0.1, 0.15) is 35.0 Å². The predicted octanol–water partition coefficient (Wildman–Crippen LogP) is 3.40. The molecule has 0 radical (unpaired) electrons. The molecule has 0 spiro atoms. The Kier molecular flexibility index (Phi) is 4.84. The summed E-state index contributed by atoms with van der Waals surface area (Å²) in [5.74, 6) is 0.0450. The molecule has 0 saturated carbocycles. The van der Waals surface area contributed by atoms with Gasteiger partial charge in [0.2, 0.25) is 11.6 Å². The van der Waals surface area contributed by atoms with E-state index in [0.29, 0.717) is 17.2 Å². The number of hydrogen-bond acceptors (Lipinski definition) is 8. The molecule has 1 atom stereocenters. The van der Waals surface area contributed by atoms with Crippen molar-refractivity contribution in [1.29, 1.82) is 0 Å². The molecule has 0 fully saturated rings. The molecule has 35 heavy (non-hydrogen) atoms. The van der Waals surface area contributed by atoms with E-state index < -0.39 is 5.91 Å². The Hall–Kier alpha value is -4.86. The second-order valence-electron chi connectivity index (χ2n) is 8.42. The molecule has 10 nitrogen and oxygen atoms in total. The van der Waals surface area contributed by atoms with Crippen LogP contribution in [-0.2, 0) is 0 Å².